The van der Waals surface area contributed by atoms with E-state index in [1.54, 1.807) is 0 Å². The van der Waals surface area contributed by atoms with E-state index in [9.17, 15) is 9.18 Å². The lowest BCUT2D eigenvalue weighted by atomic mass is 10.2. The molecule has 0 saturated heterocycles. The quantitative estimate of drug-likeness (QED) is 0.709. The fourth-order valence-corrected chi connectivity index (χ4v) is 0.912. The molecule has 0 spiro atoms. The molecule has 1 aromatic carbocycles. The van der Waals surface area contributed by atoms with Gasteiger partial charge in [0.1, 0.15) is 0 Å². The van der Waals surface area contributed by atoms with Crippen LogP contribution in [0.4, 0.5) is 9.18 Å². The highest BCUT2D eigenvalue weighted by Crippen LogP contribution is 2.15. The first-order valence-corrected chi connectivity index (χ1v) is 4.42. The van der Waals surface area contributed by atoms with Crippen LogP contribution in [0, 0.1) is 17.7 Å². The van der Waals surface area contributed by atoms with Crippen LogP contribution in [0.5, 0.6) is 5.75 Å². The molecule has 0 aliphatic carbocycles. The molecule has 0 aromatic heterocycles. The molecule has 0 bridgehead atoms. The number of hydrogen-bond acceptors (Lipinski definition) is 2. The summed E-state index contributed by atoms with van der Waals surface area (Å²) in [4.78, 5) is 11.4. The van der Waals surface area contributed by atoms with Crippen LogP contribution in [0.3, 0.4) is 0 Å². The van der Waals surface area contributed by atoms with Crippen LogP contribution in [0.1, 0.15) is 5.56 Å². The Kier molecular flexibility index (Phi) is 3.72. The maximum Gasteiger partial charge on any atom is 0.407 e. The SMILES string of the molecule is CN(CC#Cc1ccc(O)c(F)c1)C(=O)O. The van der Waals surface area contributed by atoms with Gasteiger partial charge in [0.05, 0.1) is 6.54 Å². The Labute approximate surface area is 91.9 Å². The highest BCUT2D eigenvalue weighted by Gasteiger charge is 2.01. The van der Waals surface area contributed by atoms with Crippen molar-refractivity contribution in [3.8, 4) is 17.6 Å². The molecule has 84 valence electrons. The van der Waals surface area contributed by atoms with Gasteiger partial charge in [0.15, 0.2) is 11.6 Å². The lowest BCUT2D eigenvalue weighted by Crippen LogP contribution is -2.24. The Morgan fingerprint density at radius 2 is 2.25 bits per heavy atom. The summed E-state index contributed by atoms with van der Waals surface area (Å²) >= 11 is 0. The van der Waals surface area contributed by atoms with Crippen molar-refractivity contribution < 1.29 is 19.4 Å². The van der Waals surface area contributed by atoms with Crippen molar-refractivity contribution >= 4 is 6.09 Å². The van der Waals surface area contributed by atoms with Gasteiger partial charge in [-0.15, -0.1) is 0 Å². The third-order valence-electron chi connectivity index (χ3n) is 1.82. The second-order valence-electron chi connectivity index (χ2n) is 3.11. The first-order chi connectivity index (χ1) is 7.50. The number of benzene rings is 1. The number of phenolic OH excluding ortho intramolecular Hbond substituents is 1. The number of phenols is 1. The minimum Gasteiger partial charge on any atom is -0.505 e. The predicted molar refractivity (Wildman–Crippen MR) is 55.6 cm³/mol. The lowest BCUT2D eigenvalue weighted by molar-refractivity contribution is 0.161. The van der Waals surface area contributed by atoms with E-state index in [1.807, 2.05) is 0 Å². The zero-order valence-electron chi connectivity index (χ0n) is 8.57. The number of amides is 1. The number of halogens is 1. The topological polar surface area (TPSA) is 60.8 Å². The average Bonchev–Trinajstić information content (AvgIpc) is 2.23. The zero-order valence-corrected chi connectivity index (χ0v) is 8.57. The minimum atomic E-state index is -1.08. The molecule has 0 radical (unpaired) electrons. The first kappa shape index (κ1) is 11.9. The molecule has 1 amide bonds. The first-order valence-electron chi connectivity index (χ1n) is 4.42. The van der Waals surface area contributed by atoms with Crippen LogP contribution in [0.15, 0.2) is 18.2 Å². The molecule has 2 N–H and O–H groups in total. The van der Waals surface area contributed by atoms with Crippen molar-refractivity contribution in [1.82, 2.24) is 4.90 Å². The molecule has 0 aliphatic rings. The third kappa shape index (κ3) is 3.17. The summed E-state index contributed by atoms with van der Waals surface area (Å²) in [5.41, 5.74) is 0.383. The Hall–Kier alpha value is -2.22. The van der Waals surface area contributed by atoms with Crippen LogP contribution in [-0.4, -0.2) is 34.8 Å². The largest absolute Gasteiger partial charge is 0.505 e. The van der Waals surface area contributed by atoms with E-state index in [-0.39, 0.29) is 6.54 Å². The molecule has 5 heteroatoms. The molecular weight excluding hydrogens is 213 g/mol. The molecule has 1 aromatic rings. The fraction of sp³-hybridized carbons (Fsp3) is 0.182. The van der Waals surface area contributed by atoms with E-state index in [2.05, 4.69) is 11.8 Å². The van der Waals surface area contributed by atoms with Gasteiger partial charge in [0.25, 0.3) is 0 Å². The van der Waals surface area contributed by atoms with Gasteiger partial charge in [0.2, 0.25) is 0 Å². The molecule has 16 heavy (non-hydrogen) atoms. The summed E-state index contributed by atoms with van der Waals surface area (Å²) in [7, 11) is 1.38. The number of carboxylic acid groups (broad SMARTS) is 1. The number of aromatic hydroxyl groups is 1. The van der Waals surface area contributed by atoms with Crippen molar-refractivity contribution in [1.29, 1.82) is 0 Å². The van der Waals surface area contributed by atoms with Crippen LogP contribution < -0.4 is 0 Å². The van der Waals surface area contributed by atoms with Crippen molar-refractivity contribution in [3.05, 3.63) is 29.6 Å². The van der Waals surface area contributed by atoms with E-state index >= 15 is 0 Å². The summed E-state index contributed by atoms with van der Waals surface area (Å²) < 4.78 is 12.9. The summed E-state index contributed by atoms with van der Waals surface area (Å²) in [5.74, 6) is 3.98. The van der Waals surface area contributed by atoms with Gasteiger partial charge in [-0.1, -0.05) is 11.8 Å². The second-order valence-corrected chi connectivity index (χ2v) is 3.11. The Bertz CT molecular complexity index is 462. The Morgan fingerprint density at radius 3 is 2.81 bits per heavy atom. The predicted octanol–water partition coefficient (Wildman–Crippen LogP) is 1.49. The lowest BCUT2D eigenvalue weighted by Gasteiger charge is -2.06. The van der Waals surface area contributed by atoms with Crippen LogP contribution >= 0.6 is 0 Å². The van der Waals surface area contributed by atoms with Gasteiger partial charge >= 0.3 is 6.09 Å². The van der Waals surface area contributed by atoms with E-state index < -0.39 is 17.7 Å². The molecule has 0 fully saturated rings. The molecule has 0 heterocycles. The van der Waals surface area contributed by atoms with Crippen LogP contribution in [0.2, 0.25) is 0 Å². The summed E-state index contributed by atoms with van der Waals surface area (Å²) in [5, 5.41) is 17.4. The molecule has 0 aliphatic heterocycles. The maximum absolute atomic E-state index is 12.9. The molecule has 4 nitrogen and oxygen atoms in total. The highest BCUT2D eigenvalue weighted by atomic mass is 19.1. The molecule has 0 unspecified atom stereocenters. The highest BCUT2D eigenvalue weighted by molar-refractivity contribution is 5.64. The molecule has 1 rings (SSSR count). The molecular formula is C11H10FNO3. The minimum absolute atomic E-state index is 0.0395. The maximum atomic E-state index is 12.9. The number of nitrogens with zero attached hydrogens (tertiary/aromatic N) is 1. The Morgan fingerprint density at radius 1 is 1.56 bits per heavy atom. The van der Waals surface area contributed by atoms with Crippen LogP contribution in [0.25, 0.3) is 0 Å². The summed E-state index contributed by atoms with van der Waals surface area (Å²) in [6.07, 6.45) is -1.08. The second kappa shape index (κ2) is 5.03. The van der Waals surface area contributed by atoms with Gasteiger partial charge in [-0.2, -0.15) is 0 Å². The van der Waals surface area contributed by atoms with E-state index in [0.29, 0.717) is 5.56 Å². The van der Waals surface area contributed by atoms with Gasteiger partial charge in [-0.25, -0.2) is 9.18 Å². The van der Waals surface area contributed by atoms with Gasteiger partial charge < -0.3 is 15.1 Å². The van der Waals surface area contributed by atoms with E-state index in [0.717, 1.165) is 11.0 Å². The van der Waals surface area contributed by atoms with Gasteiger partial charge in [-0.05, 0) is 18.2 Å². The molecule has 0 atom stereocenters. The van der Waals surface area contributed by atoms with Crippen molar-refractivity contribution in [2.75, 3.05) is 13.6 Å². The van der Waals surface area contributed by atoms with Gasteiger partial charge in [0, 0.05) is 12.6 Å². The zero-order chi connectivity index (χ0) is 12.1. The number of hydrogen-bond donors (Lipinski definition) is 2. The monoisotopic (exact) mass is 223 g/mol. The van der Waals surface area contributed by atoms with Crippen molar-refractivity contribution in [3.63, 3.8) is 0 Å². The van der Waals surface area contributed by atoms with Crippen LogP contribution in [-0.2, 0) is 0 Å². The normalized spacial score (nSPS) is 9.12. The smallest absolute Gasteiger partial charge is 0.407 e. The third-order valence-corrected chi connectivity index (χ3v) is 1.82. The van der Waals surface area contributed by atoms with Gasteiger partial charge in [-0.3, -0.25) is 0 Å². The standard InChI is InChI=1S/C11H10FNO3/c1-13(11(15)16)6-2-3-8-4-5-10(14)9(12)7-8/h4-5,7,14H,6H2,1H3,(H,15,16). The molecule has 0 saturated carbocycles. The van der Waals surface area contributed by atoms with E-state index in [4.69, 9.17) is 10.2 Å². The number of carbonyl (C=O) groups is 1. The Balaban J connectivity index is 2.70. The fourth-order valence-electron chi connectivity index (χ4n) is 0.912. The average molecular weight is 223 g/mol. The number of rotatable bonds is 1. The van der Waals surface area contributed by atoms with Crippen molar-refractivity contribution in [2.45, 2.75) is 0 Å². The van der Waals surface area contributed by atoms with Crippen molar-refractivity contribution in [2.24, 2.45) is 0 Å². The summed E-state index contributed by atoms with van der Waals surface area (Å²) in [6, 6.07) is 3.73. The van der Waals surface area contributed by atoms with E-state index in [1.165, 1.54) is 19.2 Å². The summed E-state index contributed by atoms with van der Waals surface area (Å²) in [6.45, 7) is 0.0395.